The van der Waals surface area contributed by atoms with Gasteiger partial charge in [0.25, 0.3) is 0 Å². The van der Waals surface area contributed by atoms with Crippen LogP contribution in [0.1, 0.15) is 39.7 Å². The Bertz CT molecular complexity index is 2250. The first kappa shape index (κ1) is 24.0. The van der Waals surface area contributed by atoms with Crippen molar-refractivity contribution >= 4 is 63.0 Å². The topological polar surface area (TPSA) is 54.7 Å². The molecule has 2 aromatic heterocycles. The van der Waals surface area contributed by atoms with Gasteiger partial charge in [0.2, 0.25) is 0 Å². The largest absolute Gasteiger partial charge is 2.00 e. The van der Waals surface area contributed by atoms with Gasteiger partial charge in [0.1, 0.15) is 0 Å². The standard InChI is InChI=1S/C36H21N4.Co/c1-2-10-22-21(9-1)29-17-31-23-11-3-4-12-24(23)33(38-31)19-35-27-15-7-8-16-28(27)36(40-35)20-34-26-14-6-5-13-25(26)32(39-34)18-30(22)37-29;/h1-20,29H;/q-3;+2. The molecule has 41 heavy (non-hydrogen) atoms. The number of hydrogen-bond donors (Lipinski definition) is 0. The molecule has 0 fully saturated rings. The molecule has 3 aliphatic rings. The summed E-state index contributed by atoms with van der Waals surface area (Å²) in [7, 11) is 0. The Balaban J connectivity index is 0.00000256. The molecule has 0 amide bonds. The van der Waals surface area contributed by atoms with Gasteiger partial charge in [-0.15, -0.1) is 33.9 Å². The molecule has 6 aromatic rings. The number of aromatic nitrogens is 2. The summed E-state index contributed by atoms with van der Waals surface area (Å²) in [5.74, 6) is 0. The third-order valence-electron chi connectivity index (χ3n) is 8.13. The summed E-state index contributed by atoms with van der Waals surface area (Å²) in [4.78, 5) is 15.4. The van der Waals surface area contributed by atoms with E-state index in [2.05, 4.69) is 121 Å². The molecule has 0 N–H and O–H groups in total. The molecule has 5 heteroatoms. The van der Waals surface area contributed by atoms with Gasteiger partial charge in [-0.2, -0.15) is 0 Å². The maximum atomic E-state index is 5.22. The first-order valence-corrected chi connectivity index (χ1v) is 13.5. The monoisotopic (exact) mass is 568 g/mol. The van der Waals surface area contributed by atoms with Crippen LogP contribution >= 0.6 is 0 Å². The fourth-order valence-electron chi connectivity index (χ4n) is 6.27. The van der Waals surface area contributed by atoms with Crippen molar-refractivity contribution in [3.63, 3.8) is 0 Å². The van der Waals surface area contributed by atoms with Crippen LogP contribution in [0.4, 0.5) is 0 Å². The number of benzene rings is 4. The van der Waals surface area contributed by atoms with Crippen LogP contribution < -0.4 is 20.7 Å². The molecule has 1 atom stereocenters. The molecule has 9 rings (SSSR count). The van der Waals surface area contributed by atoms with Crippen LogP contribution in [-0.2, 0) is 16.8 Å². The Hall–Kier alpha value is -4.84. The Morgan fingerprint density at radius 2 is 1.15 bits per heavy atom. The van der Waals surface area contributed by atoms with E-state index in [-0.39, 0.29) is 22.8 Å². The molecule has 1 radical (unpaired) electrons. The Labute approximate surface area is 246 Å². The van der Waals surface area contributed by atoms with E-state index in [0.29, 0.717) is 0 Å². The van der Waals surface area contributed by atoms with Crippen molar-refractivity contribution in [2.75, 3.05) is 0 Å². The fourth-order valence-corrected chi connectivity index (χ4v) is 6.27. The van der Waals surface area contributed by atoms with Gasteiger partial charge in [0, 0.05) is 11.1 Å². The van der Waals surface area contributed by atoms with Crippen LogP contribution in [0.25, 0.3) is 62.6 Å². The number of hydrogen-bond acceptors (Lipinski definition) is 1. The predicted molar refractivity (Wildman–Crippen MR) is 164 cm³/mol. The van der Waals surface area contributed by atoms with Gasteiger partial charge in [-0.25, -0.2) is 4.99 Å². The van der Waals surface area contributed by atoms with Crippen molar-refractivity contribution in [2.24, 2.45) is 4.99 Å². The second kappa shape index (κ2) is 9.09. The Morgan fingerprint density at radius 1 is 0.537 bits per heavy atom. The van der Waals surface area contributed by atoms with Crippen molar-refractivity contribution in [2.45, 2.75) is 6.04 Å². The zero-order chi connectivity index (χ0) is 26.2. The number of fused-ring (bicyclic) bond motifs is 19. The van der Waals surface area contributed by atoms with Crippen molar-refractivity contribution in [3.8, 4) is 0 Å². The molecule has 0 spiro atoms. The minimum atomic E-state index is -0.127. The van der Waals surface area contributed by atoms with E-state index >= 15 is 0 Å². The summed E-state index contributed by atoms with van der Waals surface area (Å²) in [5.41, 5.74) is 9.15. The van der Waals surface area contributed by atoms with Gasteiger partial charge in [-0.05, 0) is 39.3 Å². The molecule has 1 unspecified atom stereocenters. The average Bonchev–Trinajstić information content (AvgIpc) is 3.73. The molecule has 3 aliphatic heterocycles. The SMILES string of the molecule is C1=C2N=C(C=c3[n-]c(c4ccccc34)=CC3[N-]C(=Cc4[n-]c1c1ccccc41)c1ccccc13)c1ccccc12.[Co+2]. The molecule has 0 aliphatic carbocycles. The van der Waals surface area contributed by atoms with E-state index in [1.165, 1.54) is 5.56 Å². The Kier molecular flexibility index (Phi) is 5.32. The second-order valence-electron chi connectivity index (χ2n) is 10.4. The minimum Gasteiger partial charge on any atom is -0.674 e. The molecule has 8 bridgehead atoms. The van der Waals surface area contributed by atoms with Crippen LogP contribution in [0.2, 0.25) is 0 Å². The maximum Gasteiger partial charge on any atom is 2.00 e. The quantitative estimate of drug-likeness (QED) is 0.213. The zero-order valence-electron chi connectivity index (χ0n) is 21.7. The molecule has 4 nitrogen and oxygen atoms in total. The number of rotatable bonds is 0. The van der Waals surface area contributed by atoms with Crippen LogP contribution in [0.15, 0.2) is 102 Å². The summed E-state index contributed by atoms with van der Waals surface area (Å²) >= 11 is 0. The van der Waals surface area contributed by atoms with E-state index in [9.17, 15) is 0 Å². The average molecular weight is 569 g/mol. The first-order valence-electron chi connectivity index (χ1n) is 13.5. The summed E-state index contributed by atoms with van der Waals surface area (Å²) in [6.07, 6.45) is 8.57. The second-order valence-corrected chi connectivity index (χ2v) is 10.4. The molecular formula is C36H21CoN4-. The van der Waals surface area contributed by atoms with Gasteiger partial charge < -0.3 is 15.3 Å². The molecular weight excluding hydrogens is 547 g/mol. The van der Waals surface area contributed by atoms with Gasteiger partial charge in [-0.1, -0.05) is 115 Å². The van der Waals surface area contributed by atoms with Crippen LogP contribution in [0, 0.1) is 0 Å². The molecule has 0 saturated carbocycles. The fraction of sp³-hybridized carbons (Fsp3) is 0.0278. The van der Waals surface area contributed by atoms with Crippen molar-refractivity contribution in [1.82, 2.24) is 9.97 Å². The predicted octanol–water partition coefficient (Wildman–Crippen LogP) is 6.41. The van der Waals surface area contributed by atoms with Crippen molar-refractivity contribution in [3.05, 3.63) is 147 Å². The van der Waals surface area contributed by atoms with E-state index in [1.807, 2.05) is 0 Å². The van der Waals surface area contributed by atoms with E-state index < -0.39 is 0 Å². The van der Waals surface area contributed by atoms with Crippen molar-refractivity contribution < 1.29 is 16.8 Å². The normalized spacial score (nSPS) is 16.4. The summed E-state index contributed by atoms with van der Waals surface area (Å²) in [6.45, 7) is 0. The molecule has 0 saturated heterocycles. The van der Waals surface area contributed by atoms with Gasteiger partial charge in [0.15, 0.2) is 0 Å². The number of aliphatic imine (C=N–C) groups is 1. The van der Waals surface area contributed by atoms with E-state index in [4.69, 9.17) is 20.3 Å². The molecule has 4 aromatic carbocycles. The van der Waals surface area contributed by atoms with Gasteiger partial charge >= 0.3 is 16.8 Å². The summed E-state index contributed by atoms with van der Waals surface area (Å²) < 4.78 is 0. The van der Waals surface area contributed by atoms with Crippen LogP contribution in [-0.4, -0.2) is 5.71 Å². The zero-order valence-corrected chi connectivity index (χ0v) is 22.8. The van der Waals surface area contributed by atoms with E-state index in [0.717, 1.165) is 77.4 Å². The third-order valence-corrected chi connectivity index (χ3v) is 8.13. The van der Waals surface area contributed by atoms with Crippen LogP contribution in [0.5, 0.6) is 0 Å². The third kappa shape index (κ3) is 3.63. The molecule has 195 valence electrons. The maximum absolute atomic E-state index is 5.22. The van der Waals surface area contributed by atoms with Crippen molar-refractivity contribution in [1.29, 1.82) is 0 Å². The van der Waals surface area contributed by atoms with E-state index in [1.54, 1.807) is 0 Å². The summed E-state index contributed by atoms with van der Waals surface area (Å²) in [5, 5.41) is 11.5. The number of nitrogens with zero attached hydrogens (tertiary/aromatic N) is 4. The van der Waals surface area contributed by atoms with Crippen LogP contribution in [0.3, 0.4) is 0 Å². The first-order chi connectivity index (χ1) is 19.8. The summed E-state index contributed by atoms with van der Waals surface area (Å²) in [6, 6.07) is 33.6. The Morgan fingerprint density at radius 3 is 1.93 bits per heavy atom. The smallest absolute Gasteiger partial charge is 0.674 e. The van der Waals surface area contributed by atoms with Gasteiger partial charge in [0.05, 0.1) is 11.4 Å². The molecule has 5 heterocycles. The van der Waals surface area contributed by atoms with Gasteiger partial charge in [-0.3, -0.25) is 0 Å². The minimum absolute atomic E-state index is 0.